The average Bonchev–Trinajstić information content (AvgIpc) is 2.92. The van der Waals surface area contributed by atoms with Crippen LogP contribution in [0.1, 0.15) is 12.6 Å². The Morgan fingerprint density at radius 1 is 1.23 bits per heavy atom. The number of aromatic nitrogens is 1. The van der Waals surface area contributed by atoms with Crippen molar-refractivity contribution in [3.63, 3.8) is 0 Å². The molecule has 0 radical (unpaired) electrons. The van der Waals surface area contributed by atoms with Gasteiger partial charge in [-0.3, -0.25) is 4.79 Å². The number of nitrogens with one attached hydrogen (secondary N) is 1. The zero-order valence-electron chi connectivity index (χ0n) is 12.7. The van der Waals surface area contributed by atoms with Gasteiger partial charge in [-0.25, -0.2) is 5.43 Å². The number of aryl methyl sites for hydroxylation is 1. The SMILES string of the molecule is CCOc1ccccc1OCC(=O)N/N=C\c1cccn1C. The molecule has 1 heterocycles. The summed E-state index contributed by atoms with van der Waals surface area (Å²) in [5.74, 6) is 0.813. The van der Waals surface area contributed by atoms with E-state index < -0.39 is 0 Å². The lowest BCUT2D eigenvalue weighted by Gasteiger charge is -2.10. The minimum absolute atomic E-state index is 0.130. The topological polar surface area (TPSA) is 64.8 Å². The van der Waals surface area contributed by atoms with Crippen molar-refractivity contribution in [1.82, 2.24) is 9.99 Å². The minimum atomic E-state index is -0.336. The summed E-state index contributed by atoms with van der Waals surface area (Å²) >= 11 is 0. The van der Waals surface area contributed by atoms with Gasteiger partial charge in [0.1, 0.15) is 0 Å². The zero-order valence-corrected chi connectivity index (χ0v) is 12.7. The number of nitrogens with zero attached hydrogens (tertiary/aromatic N) is 2. The third kappa shape index (κ3) is 4.37. The summed E-state index contributed by atoms with van der Waals surface area (Å²) in [6.45, 7) is 2.30. The number of rotatable bonds is 7. The highest BCUT2D eigenvalue weighted by atomic mass is 16.5. The molecule has 6 nitrogen and oxygen atoms in total. The number of benzene rings is 1. The molecule has 1 aromatic heterocycles. The van der Waals surface area contributed by atoms with Gasteiger partial charge in [0, 0.05) is 13.2 Å². The van der Waals surface area contributed by atoms with Gasteiger partial charge in [0.2, 0.25) is 0 Å². The highest BCUT2D eigenvalue weighted by Crippen LogP contribution is 2.26. The van der Waals surface area contributed by atoms with Crippen molar-refractivity contribution in [2.45, 2.75) is 6.92 Å². The molecule has 1 N–H and O–H groups in total. The molecule has 1 aromatic carbocycles. The highest BCUT2D eigenvalue weighted by Gasteiger charge is 2.06. The molecule has 0 aliphatic carbocycles. The lowest BCUT2D eigenvalue weighted by molar-refractivity contribution is -0.123. The van der Waals surface area contributed by atoms with Gasteiger partial charge in [-0.1, -0.05) is 12.1 Å². The average molecular weight is 301 g/mol. The summed E-state index contributed by atoms with van der Waals surface area (Å²) in [4.78, 5) is 11.7. The van der Waals surface area contributed by atoms with Crippen molar-refractivity contribution < 1.29 is 14.3 Å². The van der Waals surface area contributed by atoms with Crippen LogP contribution < -0.4 is 14.9 Å². The molecular formula is C16H19N3O3. The van der Waals surface area contributed by atoms with Crippen LogP contribution in [-0.4, -0.2) is 29.9 Å². The predicted molar refractivity (Wildman–Crippen MR) is 84.3 cm³/mol. The van der Waals surface area contributed by atoms with E-state index in [1.54, 1.807) is 18.3 Å². The molecule has 6 heteroatoms. The van der Waals surface area contributed by atoms with Gasteiger partial charge in [0.05, 0.1) is 18.5 Å². The first-order valence-corrected chi connectivity index (χ1v) is 6.98. The van der Waals surface area contributed by atoms with Crippen LogP contribution in [0.4, 0.5) is 0 Å². The fraction of sp³-hybridized carbons (Fsp3) is 0.250. The quantitative estimate of drug-likeness (QED) is 0.628. The minimum Gasteiger partial charge on any atom is -0.490 e. The number of hydrogen-bond donors (Lipinski definition) is 1. The third-order valence-corrected chi connectivity index (χ3v) is 2.88. The van der Waals surface area contributed by atoms with Gasteiger partial charge in [-0.2, -0.15) is 5.10 Å². The van der Waals surface area contributed by atoms with Gasteiger partial charge in [0.15, 0.2) is 18.1 Å². The van der Waals surface area contributed by atoms with E-state index >= 15 is 0 Å². The van der Waals surface area contributed by atoms with E-state index in [1.807, 2.05) is 49.0 Å². The molecule has 116 valence electrons. The van der Waals surface area contributed by atoms with Crippen LogP contribution in [0.3, 0.4) is 0 Å². The number of carbonyl (C=O) groups is 1. The maximum Gasteiger partial charge on any atom is 0.277 e. The van der Waals surface area contributed by atoms with Crippen LogP contribution in [0.2, 0.25) is 0 Å². The van der Waals surface area contributed by atoms with Crippen molar-refractivity contribution in [3.8, 4) is 11.5 Å². The normalized spacial score (nSPS) is 10.6. The molecule has 0 aliphatic rings. The van der Waals surface area contributed by atoms with Crippen LogP contribution in [0.25, 0.3) is 0 Å². The van der Waals surface area contributed by atoms with Crippen molar-refractivity contribution in [3.05, 3.63) is 48.3 Å². The molecule has 0 spiro atoms. The monoisotopic (exact) mass is 301 g/mol. The molecule has 0 fully saturated rings. The summed E-state index contributed by atoms with van der Waals surface area (Å²) < 4.78 is 12.8. The van der Waals surface area contributed by atoms with Gasteiger partial charge in [-0.15, -0.1) is 0 Å². The first-order chi connectivity index (χ1) is 10.7. The standard InChI is InChI=1S/C16H19N3O3/c1-3-21-14-8-4-5-9-15(14)22-12-16(20)18-17-11-13-7-6-10-19(13)2/h4-11H,3,12H2,1-2H3,(H,18,20)/b17-11-. The van der Waals surface area contributed by atoms with E-state index in [4.69, 9.17) is 9.47 Å². The van der Waals surface area contributed by atoms with Crippen molar-refractivity contribution in [2.75, 3.05) is 13.2 Å². The molecule has 0 bridgehead atoms. The zero-order chi connectivity index (χ0) is 15.8. The van der Waals surface area contributed by atoms with Gasteiger partial charge >= 0.3 is 0 Å². The number of hydrogen-bond acceptors (Lipinski definition) is 4. The smallest absolute Gasteiger partial charge is 0.277 e. The van der Waals surface area contributed by atoms with E-state index in [-0.39, 0.29) is 12.5 Å². The molecule has 2 aromatic rings. The van der Waals surface area contributed by atoms with E-state index in [1.165, 1.54) is 0 Å². The Bertz CT molecular complexity index is 650. The lowest BCUT2D eigenvalue weighted by Crippen LogP contribution is -2.24. The molecule has 0 unspecified atom stereocenters. The Labute approximate surface area is 129 Å². The van der Waals surface area contributed by atoms with Crippen LogP contribution in [0.15, 0.2) is 47.7 Å². The third-order valence-electron chi connectivity index (χ3n) is 2.88. The fourth-order valence-corrected chi connectivity index (χ4v) is 1.80. The number of amides is 1. The van der Waals surface area contributed by atoms with Gasteiger partial charge in [-0.05, 0) is 31.2 Å². The molecule has 0 aliphatic heterocycles. The summed E-state index contributed by atoms with van der Waals surface area (Å²) in [6, 6.07) is 11.0. The summed E-state index contributed by atoms with van der Waals surface area (Å²) in [7, 11) is 1.90. The second-order valence-corrected chi connectivity index (χ2v) is 4.51. The van der Waals surface area contributed by atoms with Gasteiger partial charge in [0.25, 0.3) is 5.91 Å². The molecule has 2 rings (SSSR count). The number of ether oxygens (including phenoxy) is 2. The van der Waals surface area contributed by atoms with E-state index in [0.29, 0.717) is 18.1 Å². The number of hydrazone groups is 1. The van der Waals surface area contributed by atoms with Crippen LogP contribution in [0, 0.1) is 0 Å². The van der Waals surface area contributed by atoms with Crippen LogP contribution in [-0.2, 0) is 11.8 Å². The van der Waals surface area contributed by atoms with Crippen molar-refractivity contribution in [2.24, 2.45) is 12.1 Å². The molecule has 0 saturated heterocycles. The predicted octanol–water partition coefficient (Wildman–Crippen LogP) is 1.95. The Morgan fingerprint density at radius 3 is 2.59 bits per heavy atom. The van der Waals surface area contributed by atoms with Crippen LogP contribution in [0.5, 0.6) is 11.5 Å². The Kier molecular flexibility index (Phi) is 5.59. The van der Waals surface area contributed by atoms with Crippen molar-refractivity contribution in [1.29, 1.82) is 0 Å². The molecule has 1 amide bonds. The Balaban J connectivity index is 1.83. The molecule has 22 heavy (non-hydrogen) atoms. The Hall–Kier alpha value is -2.76. The summed E-state index contributed by atoms with van der Waals surface area (Å²) in [5, 5.41) is 3.89. The Morgan fingerprint density at radius 2 is 1.95 bits per heavy atom. The second kappa shape index (κ2) is 7.87. The largest absolute Gasteiger partial charge is 0.490 e. The lowest BCUT2D eigenvalue weighted by atomic mass is 10.3. The van der Waals surface area contributed by atoms with Gasteiger partial charge < -0.3 is 14.0 Å². The van der Waals surface area contributed by atoms with Crippen LogP contribution >= 0.6 is 0 Å². The summed E-state index contributed by atoms with van der Waals surface area (Å²) in [5.41, 5.74) is 3.31. The first kappa shape index (κ1) is 15.6. The number of para-hydroxylation sites is 2. The van der Waals surface area contributed by atoms with E-state index in [2.05, 4.69) is 10.5 Å². The number of carbonyl (C=O) groups excluding carboxylic acids is 1. The van der Waals surface area contributed by atoms with E-state index in [9.17, 15) is 4.79 Å². The molecule has 0 atom stereocenters. The second-order valence-electron chi connectivity index (χ2n) is 4.51. The summed E-state index contributed by atoms with van der Waals surface area (Å²) in [6.07, 6.45) is 3.48. The maximum atomic E-state index is 11.7. The molecule has 0 saturated carbocycles. The maximum absolute atomic E-state index is 11.7. The highest BCUT2D eigenvalue weighted by molar-refractivity contribution is 5.81. The van der Waals surface area contributed by atoms with Crippen molar-refractivity contribution >= 4 is 12.1 Å². The molecular weight excluding hydrogens is 282 g/mol. The first-order valence-electron chi connectivity index (χ1n) is 6.98. The van der Waals surface area contributed by atoms with E-state index in [0.717, 1.165) is 5.69 Å². The fourth-order valence-electron chi connectivity index (χ4n) is 1.80.